The van der Waals surface area contributed by atoms with Gasteiger partial charge in [0.2, 0.25) is 5.71 Å². The highest BCUT2D eigenvalue weighted by Crippen LogP contribution is 2.32. The molecular weight excluding hydrogens is 392 g/mol. The number of esters is 2. The van der Waals surface area contributed by atoms with Gasteiger partial charge in [-0.05, 0) is 6.07 Å². The summed E-state index contributed by atoms with van der Waals surface area (Å²) in [4.78, 5) is 39.2. The number of furan rings is 1. The van der Waals surface area contributed by atoms with E-state index in [1.807, 2.05) is 30.3 Å². The molecule has 9 heteroatoms. The van der Waals surface area contributed by atoms with E-state index in [1.54, 1.807) is 12.3 Å². The minimum absolute atomic E-state index is 0.0852. The Labute approximate surface area is 171 Å². The molecule has 9 nitrogen and oxygen atoms in total. The van der Waals surface area contributed by atoms with Gasteiger partial charge in [-0.2, -0.15) is 4.98 Å². The van der Waals surface area contributed by atoms with Crippen LogP contribution in [-0.4, -0.2) is 40.3 Å². The summed E-state index contributed by atoms with van der Waals surface area (Å²) in [5, 5.41) is 0.629. The van der Waals surface area contributed by atoms with E-state index < -0.39 is 36.1 Å². The third-order valence-corrected chi connectivity index (χ3v) is 4.75. The van der Waals surface area contributed by atoms with Gasteiger partial charge in [-0.15, -0.1) is 0 Å². The summed E-state index contributed by atoms with van der Waals surface area (Å²) in [6, 6.07) is 11.3. The van der Waals surface area contributed by atoms with Gasteiger partial charge >= 0.3 is 17.6 Å². The minimum atomic E-state index is -0.727. The lowest BCUT2D eigenvalue weighted by Gasteiger charge is -2.17. The van der Waals surface area contributed by atoms with Gasteiger partial charge < -0.3 is 18.6 Å². The highest BCUT2D eigenvalue weighted by molar-refractivity contribution is 5.79. The third-order valence-electron chi connectivity index (χ3n) is 4.75. The molecule has 4 rings (SSSR count). The van der Waals surface area contributed by atoms with Crippen LogP contribution < -0.4 is 5.69 Å². The zero-order valence-electron chi connectivity index (χ0n) is 16.4. The number of aromatic nitrogens is 2. The second-order valence-corrected chi connectivity index (χ2v) is 6.98. The molecule has 30 heavy (non-hydrogen) atoms. The maximum atomic E-state index is 12.6. The molecule has 156 valence electrons. The van der Waals surface area contributed by atoms with E-state index in [-0.39, 0.29) is 18.7 Å². The number of carbonyl (C=O) groups is 2. The molecule has 1 fully saturated rings. The Morgan fingerprint density at radius 3 is 2.67 bits per heavy atom. The molecule has 1 aliphatic rings. The number of ether oxygens (including phenoxy) is 3. The number of rotatable bonds is 5. The molecule has 3 aromatic rings. The van der Waals surface area contributed by atoms with E-state index in [4.69, 9.17) is 18.6 Å². The molecule has 0 bridgehead atoms. The van der Waals surface area contributed by atoms with Gasteiger partial charge in [0.05, 0.1) is 5.39 Å². The maximum Gasteiger partial charge on any atom is 0.353 e. The third kappa shape index (κ3) is 4.11. The molecule has 3 heterocycles. The van der Waals surface area contributed by atoms with Crippen molar-refractivity contribution < 1.29 is 28.2 Å². The van der Waals surface area contributed by atoms with Crippen LogP contribution in [0.3, 0.4) is 0 Å². The average molecular weight is 412 g/mol. The number of carbonyl (C=O) groups excluding carboxylic acids is 2. The van der Waals surface area contributed by atoms with Crippen LogP contribution in [0.25, 0.3) is 22.4 Å². The van der Waals surface area contributed by atoms with Crippen LogP contribution in [0.5, 0.6) is 0 Å². The van der Waals surface area contributed by atoms with Crippen LogP contribution >= 0.6 is 0 Å². The van der Waals surface area contributed by atoms with Crippen molar-refractivity contribution >= 4 is 23.0 Å². The van der Waals surface area contributed by atoms with Crippen LogP contribution in [0.4, 0.5) is 0 Å². The molecule has 1 saturated heterocycles. The molecule has 1 aromatic carbocycles. The van der Waals surface area contributed by atoms with Gasteiger partial charge in [-0.25, -0.2) is 4.79 Å². The smallest absolute Gasteiger partial charge is 0.353 e. The number of benzene rings is 1. The second kappa shape index (κ2) is 8.11. The van der Waals surface area contributed by atoms with Crippen molar-refractivity contribution in [1.29, 1.82) is 0 Å². The van der Waals surface area contributed by atoms with Crippen LogP contribution in [0.2, 0.25) is 0 Å². The first kappa shape index (κ1) is 19.8. The summed E-state index contributed by atoms with van der Waals surface area (Å²) >= 11 is 0. The van der Waals surface area contributed by atoms with Crippen molar-refractivity contribution in [2.75, 3.05) is 6.61 Å². The van der Waals surface area contributed by atoms with Crippen LogP contribution in [0.1, 0.15) is 26.5 Å². The van der Waals surface area contributed by atoms with Gasteiger partial charge in [0.1, 0.15) is 30.8 Å². The quantitative estimate of drug-likeness (QED) is 0.588. The second-order valence-electron chi connectivity index (χ2n) is 6.98. The molecular formula is C21H20N2O7. The van der Waals surface area contributed by atoms with Crippen molar-refractivity contribution in [3.63, 3.8) is 0 Å². The lowest BCUT2D eigenvalue weighted by molar-refractivity contribution is -0.155. The zero-order chi connectivity index (χ0) is 21.3. The summed E-state index contributed by atoms with van der Waals surface area (Å²) in [6.07, 6.45) is -0.241. The lowest BCUT2D eigenvalue weighted by atomic mass is 10.1. The van der Waals surface area contributed by atoms with Crippen molar-refractivity contribution in [1.82, 2.24) is 9.55 Å². The number of hydrogen-bond donors (Lipinski definition) is 0. The Morgan fingerprint density at radius 1 is 1.20 bits per heavy atom. The standard InChI is InChI=1S/C21H20N2O7/c1-12(24)27-11-18-17(28-13(2)25)9-19(29-18)23-10-15-8-16(14-6-4-3-5-7-14)30-20(15)22-21(23)26/h3-8,10,17-19H,9,11H2,1-2H3/t17-,18-,19-/m1/s1. The van der Waals surface area contributed by atoms with Crippen molar-refractivity contribution in [2.24, 2.45) is 0 Å². The van der Waals surface area contributed by atoms with Gasteiger partial charge in [-0.3, -0.25) is 14.2 Å². The Hall–Kier alpha value is -3.46. The first-order chi connectivity index (χ1) is 14.4. The van der Waals surface area contributed by atoms with Crippen molar-refractivity contribution in [3.05, 3.63) is 53.1 Å². The predicted molar refractivity (Wildman–Crippen MR) is 104 cm³/mol. The summed E-state index contributed by atoms with van der Waals surface area (Å²) in [7, 11) is 0. The van der Waals surface area contributed by atoms with E-state index in [0.29, 0.717) is 11.1 Å². The molecule has 0 amide bonds. The molecule has 0 aliphatic carbocycles. The molecule has 1 aliphatic heterocycles. The summed E-state index contributed by atoms with van der Waals surface area (Å²) < 4.78 is 23.2. The summed E-state index contributed by atoms with van der Waals surface area (Å²) in [6.45, 7) is 2.48. The minimum Gasteiger partial charge on any atom is -0.463 e. The summed E-state index contributed by atoms with van der Waals surface area (Å²) in [5.41, 5.74) is 0.528. The van der Waals surface area contributed by atoms with Gasteiger partial charge in [-0.1, -0.05) is 30.3 Å². The molecule has 0 N–H and O–H groups in total. The first-order valence-corrected chi connectivity index (χ1v) is 9.45. The van der Waals surface area contributed by atoms with Gasteiger partial charge in [0.25, 0.3) is 0 Å². The Bertz CT molecular complexity index is 1140. The largest absolute Gasteiger partial charge is 0.463 e. The molecule has 0 unspecified atom stereocenters. The van der Waals surface area contributed by atoms with Crippen molar-refractivity contribution in [2.45, 2.75) is 38.7 Å². The number of hydrogen-bond acceptors (Lipinski definition) is 8. The molecule has 0 radical (unpaired) electrons. The maximum absolute atomic E-state index is 12.6. The number of fused-ring (bicyclic) bond motifs is 1. The van der Waals surface area contributed by atoms with Crippen LogP contribution in [-0.2, 0) is 23.8 Å². The molecule has 3 atom stereocenters. The fourth-order valence-corrected chi connectivity index (χ4v) is 3.43. The normalized spacial score (nSPS) is 20.9. The average Bonchev–Trinajstić information content (AvgIpc) is 3.29. The van der Waals surface area contributed by atoms with E-state index in [0.717, 1.165) is 5.56 Å². The topological polar surface area (TPSA) is 110 Å². The first-order valence-electron chi connectivity index (χ1n) is 9.45. The molecule has 0 spiro atoms. The fraction of sp³-hybridized carbons (Fsp3) is 0.333. The highest BCUT2D eigenvalue weighted by atomic mass is 16.6. The Kier molecular flexibility index (Phi) is 5.37. The van der Waals surface area contributed by atoms with Crippen LogP contribution in [0, 0.1) is 0 Å². The Balaban J connectivity index is 1.63. The lowest BCUT2D eigenvalue weighted by Crippen LogP contribution is -2.31. The molecule has 2 aromatic heterocycles. The zero-order valence-corrected chi connectivity index (χ0v) is 16.4. The van der Waals surface area contributed by atoms with Gasteiger partial charge in [0, 0.05) is 32.0 Å². The Morgan fingerprint density at radius 2 is 1.97 bits per heavy atom. The van der Waals surface area contributed by atoms with Gasteiger partial charge in [0.15, 0.2) is 0 Å². The van der Waals surface area contributed by atoms with E-state index in [1.165, 1.54) is 18.4 Å². The van der Waals surface area contributed by atoms with Crippen molar-refractivity contribution in [3.8, 4) is 11.3 Å². The SMILES string of the molecule is CC(=O)OC[C@H]1O[C@@H](n2cc3cc(-c4ccccc4)oc3nc2=O)C[C@H]1OC(C)=O. The fourth-order valence-electron chi connectivity index (χ4n) is 3.43. The predicted octanol–water partition coefficient (Wildman–Crippen LogP) is 2.44. The van der Waals surface area contributed by atoms with E-state index in [9.17, 15) is 14.4 Å². The molecule has 0 saturated carbocycles. The van der Waals surface area contributed by atoms with E-state index in [2.05, 4.69) is 4.98 Å². The monoisotopic (exact) mass is 412 g/mol. The van der Waals surface area contributed by atoms with Crippen LogP contribution in [0.15, 0.2) is 51.8 Å². The number of nitrogens with zero attached hydrogens (tertiary/aromatic N) is 2. The van der Waals surface area contributed by atoms with E-state index >= 15 is 0 Å². The summed E-state index contributed by atoms with van der Waals surface area (Å²) in [5.74, 6) is -0.371. The highest BCUT2D eigenvalue weighted by Gasteiger charge is 2.39.